The second-order valence-corrected chi connectivity index (χ2v) is 6.14. The van der Waals surface area contributed by atoms with Crippen molar-refractivity contribution in [2.24, 2.45) is 0 Å². The van der Waals surface area contributed by atoms with Crippen LogP contribution in [0.5, 0.6) is 0 Å². The number of nitrogens with zero attached hydrogens (tertiary/aromatic N) is 1. The van der Waals surface area contributed by atoms with Gasteiger partial charge in [-0.05, 0) is 25.6 Å². The molecule has 2 aromatic rings. The molecule has 0 saturated carbocycles. The lowest BCUT2D eigenvalue weighted by Crippen LogP contribution is -2.40. The lowest BCUT2D eigenvalue weighted by atomic mass is 10.1. The third-order valence-corrected chi connectivity index (χ3v) is 4.26. The van der Waals surface area contributed by atoms with Crippen molar-refractivity contribution in [1.29, 1.82) is 0 Å². The van der Waals surface area contributed by atoms with Gasteiger partial charge in [-0.25, -0.2) is 9.18 Å². The predicted molar refractivity (Wildman–Crippen MR) is 98.9 cm³/mol. The molecular formula is C20H24FN3O2. The number of hydrogen-bond acceptors (Lipinski definition) is 3. The number of hydrogen-bond donors (Lipinski definition) is 2. The van der Waals surface area contributed by atoms with Gasteiger partial charge in [-0.1, -0.05) is 48.5 Å². The van der Waals surface area contributed by atoms with Crippen molar-refractivity contribution in [3.05, 3.63) is 71.5 Å². The van der Waals surface area contributed by atoms with Crippen LogP contribution in [-0.4, -0.2) is 30.4 Å². The van der Waals surface area contributed by atoms with Crippen LogP contribution >= 0.6 is 0 Å². The van der Waals surface area contributed by atoms with Crippen LogP contribution in [0.15, 0.2) is 54.6 Å². The molecule has 26 heavy (non-hydrogen) atoms. The Kier molecular flexibility index (Phi) is 7.29. The van der Waals surface area contributed by atoms with E-state index in [-0.39, 0.29) is 24.2 Å². The molecule has 0 aliphatic heterocycles. The van der Waals surface area contributed by atoms with Gasteiger partial charge >= 0.3 is 6.03 Å². The summed E-state index contributed by atoms with van der Waals surface area (Å²) < 4.78 is 13.8. The molecule has 1 atom stereocenters. The van der Waals surface area contributed by atoms with E-state index >= 15 is 0 Å². The molecule has 0 fully saturated rings. The summed E-state index contributed by atoms with van der Waals surface area (Å²) in [5.74, 6) is -0.639. The zero-order valence-electron chi connectivity index (χ0n) is 15.0. The second kappa shape index (κ2) is 9.68. The molecule has 2 aromatic carbocycles. The van der Waals surface area contributed by atoms with Gasteiger partial charge in [0, 0.05) is 31.1 Å². The Hall–Kier alpha value is -2.73. The molecule has 0 aliphatic carbocycles. The summed E-state index contributed by atoms with van der Waals surface area (Å²) in [5, 5.41) is 4.95. The topological polar surface area (TPSA) is 61.4 Å². The van der Waals surface area contributed by atoms with Crippen molar-refractivity contribution >= 4 is 11.9 Å². The number of amides is 3. The Labute approximate surface area is 153 Å². The molecule has 0 saturated heterocycles. The van der Waals surface area contributed by atoms with Gasteiger partial charge in [-0.3, -0.25) is 15.0 Å². The Morgan fingerprint density at radius 3 is 2.42 bits per heavy atom. The quantitative estimate of drug-likeness (QED) is 0.800. The van der Waals surface area contributed by atoms with E-state index in [1.165, 1.54) is 6.07 Å². The van der Waals surface area contributed by atoms with Crippen LogP contribution < -0.4 is 10.6 Å². The highest BCUT2D eigenvalue weighted by Crippen LogP contribution is 2.21. The molecule has 138 valence electrons. The zero-order valence-corrected chi connectivity index (χ0v) is 15.0. The Morgan fingerprint density at radius 2 is 1.73 bits per heavy atom. The van der Waals surface area contributed by atoms with E-state index in [2.05, 4.69) is 10.6 Å². The molecule has 1 unspecified atom stereocenters. The van der Waals surface area contributed by atoms with Gasteiger partial charge in [-0.2, -0.15) is 0 Å². The molecule has 0 heterocycles. The van der Waals surface area contributed by atoms with Gasteiger partial charge in [0.1, 0.15) is 5.82 Å². The van der Waals surface area contributed by atoms with Crippen LogP contribution in [0.1, 0.15) is 30.5 Å². The Bertz CT molecular complexity index is 737. The number of urea groups is 1. The van der Waals surface area contributed by atoms with Gasteiger partial charge in [-0.15, -0.1) is 0 Å². The summed E-state index contributed by atoms with van der Waals surface area (Å²) in [6, 6.07) is 15.3. The van der Waals surface area contributed by atoms with Crippen molar-refractivity contribution in [2.75, 3.05) is 13.6 Å². The first-order chi connectivity index (χ1) is 12.5. The summed E-state index contributed by atoms with van der Waals surface area (Å²) >= 11 is 0. The number of carbonyl (C=O) groups is 2. The van der Waals surface area contributed by atoms with E-state index < -0.39 is 6.03 Å². The van der Waals surface area contributed by atoms with E-state index in [9.17, 15) is 14.0 Å². The second-order valence-electron chi connectivity index (χ2n) is 6.14. The van der Waals surface area contributed by atoms with Crippen LogP contribution in [0.3, 0.4) is 0 Å². The maximum absolute atomic E-state index is 13.8. The summed E-state index contributed by atoms with van der Waals surface area (Å²) in [5.41, 5.74) is 1.53. The van der Waals surface area contributed by atoms with Gasteiger partial charge in [0.15, 0.2) is 0 Å². The first-order valence-electron chi connectivity index (χ1n) is 8.53. The molecule has 5 nitrogen and oxygen atoms in total. The highest BCUT2D eigenvalue weighted by Gasteiger charge is 2.16. The van der Waals surface area contributed by atoms with Crippen molar-refractivity contribution < 1.29 is 14.0 Å². The number of nitrogens with one attached hydrogen (secondary N) is 2. The molecule has 0 radical (unpaired) electrons. The molecule has 6 heteroatoms. The average molecular weight is 357 g/mol. The number of imide groups is 1. The zero-order chi connectivity index (χ0) is 18.9. The smallest absolute Gasteiger partial charge is 0.321 e. The van der Waals surface area contributed by atoms with Crippen LogP contribution in [0, 0.1) is 5.82 Å². The maximum Gasteiger partial charge on any atom is 0.321 e. The average Bonchev–Trinajstić information content (AvgIpc) is 2.65. The largest absolute Gasteiger partial charge is 0.334 e. The van der Waals surface area contributed by atoms with Crippen molar-refractivity contribution in [1.82, 2.24) is 15.5 Å². The fourth-order valence-corrected chi connectivity index (χ4v) is 2.53. The van der Waals surface area contributed by atoms with E-state index in [1.54, 1.807) is 18.2 Å². The van der Waals surface area contributed by atoms with Gasteiger partial charge in [0.2, 0.25) is 5.91 Å². The van der Waals surface area contributed by atoms with Crippen LogP contribution in [0.2, 0.25) is 0 Å². The first kappa shape index (κ1) is 19.6. The van der Waals surface area contributed by atoms with Crippen LogP contribution in [0.25, 0.3) is 0 Å². The summed E-state index contributed by atoms with van der Waals surface area (Å²) in [6.45, 7) is 2.64. The van der Waals surface area contributed by atoms with Crippen molar-refractivity contribution in [3.63, 3.8) is 0 Å². The Morgan fingerprint density at radius 1 is 1.08 bits per heavy atom. The number of halogens is 1. The monoisotopic (exact) mass is 357 g/mol. The fourth-order valence-electron chi connectivity index (χ4n) is 2.53. The molecule has 3 amide bonds. The van der Waals surface area contributed by atoms with Crippen LogP contribution in [-0.2, 0) is 11.3 Å². The SMILES string of the molecule is CC(c1ccccc1F)N(C)CCC(=O)NC(=O)NCc1ccccc1. The number of carbonyl (C=O) groups excluding carboxylic acids is 2. The van der Waals surface area contributed by atoms with Crippen molar-refractivity contribution in [3.8, 4) is 0 Å². The first-order valence-corrected chi connectivity index (χ1v) is 8.53. The highest BCUT2D eigenvalue weighted by molar-refractivity contribution is 5.94. The third-order valence-electron chi connectivity index (χ3n) is 4.26. The van der Waals surface area contributed by atoms with Crippen LogP contribution in [0.4, 0.5) is 9.18 Å². The molecule has 0 aliphatic rings. The predicted octanol–water partition coefficient (Wildman–Crippen LogP) is 3.23. The van der Waals surface area contributed by atoms with E-state index in [0.29, 0.717) is 18.7 Å². The minimum Gasteiger partial charge on any atom is -0.334 e. The van der Waals surface area contributed by atoms with E-state index in [0.717, 1.165) is 5.56 Å². The number of benzene rings is 2. The minimum atomic E-state index is -0.524. The van der Waals surface area contributed by atoms with E-state index in [1.807, 2.05) is 49.2 Å². The van der Waals surface area contributed by atoms with Crippen molar-refractivity contribution in [2.45, 2.75) is 25.9 Å². The summed E-state index contributed by atoms with van der Waals surface area (Å²) in [4.78, 5) is 25.6. The van der Waals surface area contributed by atoms with E-state index in [4.69, 9.17) is 0 Å². The molecule has 0 spiro atoms. The minimum absolute atomic E-state index is 0.147. The summed E-state index contributed by atoms with van der Waals surface area (Å²) in [6.07, 6.45) is 0.147. The molecule has 0 aromatic heterocycles. The standard InChI is InChI=1S/C20H24FN3O2/c1-15(17-10-6-7-11-18(17)21)24(2)13-12-19(25)23-20(26)22-14-16-8-4-3-5-9-16/h3-11,15H,12-14H2,1-2H3,(H2,22,23,25,26). The molecule has 0 bridgehead atoms. The lowest BCUT2D eigenvalue weighted by molar-refractivity contribution is -0.120. The van der Waals surface area contributed by atoms with Gasteiger partial charge in [0.25, 0.3) is 0 Å². The third kappa shape index (κ3) is 5.97. The normalized spacial score (nSPS) is 11.8. The molecule has 2 N–H and O–H groups in total. The highest BCUT2D eigenvalue weighted by atomic mass is 19.1. The Balaban J connectivity index is 1.73. The maximum atomic E-state index is 13.8. The fraction of sp³-hybridized carbons (Fsp3) is 0.300. The lowest BCUT2D eigenvalue weighted by Gasteiger charge is -2.25. The van der Waals surface area contributed by atoms with Gasteiger partial charge in [0.05, 0.1) is 0 Å². The summed E-state index contributed by atoms with van der Waals surface area (Å²) in [7, 11) is 1.82. The molecular weight excluding hydrogens is 333 g/mol. The van der Waals surface area contributed by atoms with Gasteiger partial charge < -0.3 is 5.32 Å². The number of rotatable bonds is 7. The molecule has 2 rings (SSSR count).